The number of nitrogens with zero attached hydrogens (tertiary/aromatic N) is 4. The molecule has 1 aromatic carbocycles. The van der Waals surface area contributed by atoms with E-state index in [4.69, 9.17) is 0 Å². The van der Waals surface area contributed by atoms with Crippen LogP contribution in [0.25, 0.3) is 10.2 Å². The third kappa shape index (κ3) is 2.30. The second-order valence-electron chi connectivity index (χ2n) is 8.75. The molecule has 0 radical (unpaired) electrons. The number of thiazole rings is 1. The minimum atomic E-state index is -0.298. The lowest BCUT2D eigenvalue weighted by Gasteiger charge is -2.60. The maximum Gasteiger partial charge on any atom is 0.232 e. The van der Waals surface area contributed by atoms with Crippen LogP contribution in [0.5, 0.6) is 0 Å². The second kappa shape index (κ2) is 5.38. The summed E-state index contributed by atoms with van der Waals surface area (Å²) in [5.74, 6) is 1.37. The Hall–Kier alpha value is -2.28. The molecule has 2 heterocycles. The monoisotopic (exact) mass is 379 g/mol. The van der Waals surface area contributed by atoms with Crippen LogP contribution in [0.3, 0.4) is 0 Å². The molecule has 0 saturated heterocycles. The second-order valence-corrected chi connectivity index (χ2v) is 9.78. The summed E-state index contributed by atoms with van der Waals surface area (Å²) in [6.07, 6.45) is 9.83. The van der Waals surface area contributed by atoms with Gasteiger partial charge in [0, 0.05) is 0 Å². The van der Waals surface area contributed by atoms with Gasteiger partial charge in [-0.05, 0) is 62.5 Å². The van der Waals surface area contributed by atoms with Crippen LogP contribution in [0.15, 0.2) is 36.9 Å². The van der Waals surface area contributed by atoms with Crippen LogP contribution in [-0.4, -0.2) is 25.7 Å². The first-order valence-corrected chi connectivity index (χ1v) is 10.5. The van der Waals surface area contributed by atoms with Crippen LogP contribution in [0, 0.1) is 17.3 Å². The molecule has 2 aromatic heterocycles. The quantitative estimate of drug-likeness (QED) is 0.751. The van der Waals surface area contributed by atoms with Crippen molar-refractivity contribution in [3.8, 4) is 0 Å². The van der Waals surface area contributed by atoms with Crippen molar-refractivity contribution in [3.05, 3.63) is 36.9 Å². The fraction of sp³-hybridized carbons (Fsp3) is 0.500. The lowest BCUT2D eigenvalue weighted by atomic mass is 9.46. The minimum absolute atomic E-state index is 0.0362. The molecule has 1 amide bonds. The van der Waals surface area contributed by atoms with Gasteiger partial charge >= 0.3 is 0 Å². The van der Waals surface area contributed by atoms with E-state index in [9.17, 15) is 4.79 Å². The molecule has 0 spiro atoms. The van der Waals surface area contributed by atoms with Gasteiger partial charge in [-0.3, -0.25) is 4.79 Å². The number of para-hydroxylation sites is 1. The Morgan fingerprint density at radius 3 is 2.74 bits per heavy atom. The molecule has 4 saturated carbocycles. The zero-order chi connectivity index (χ0) is 18.1. The van der Waals surface area contributed by atoms with Crippen LogP contribution < -0.4 is 5.32 Å². The zero-order valence-corrected chi connectivity index (χ0v) is 15.8. The lowest BCUT2D eigenvalue weighted by Crippen LogP contribution is -2.60. The van der Waals surface area contributed by atoms with Crippen LogP contribution in [0.1, 0.15) is 38.5 Å². The van der Waals surface area contributed by atoms with Gasteiger partial charge in [-0.25, -0.2) is 14.6 Å². The molecule has 138 valence electrons. The topological polar surface area (TPSA) is 72.7 Å². The number of hydrogen-bond donors (Lipinski definition) is 1. The molecule has 7 rings (SSSR count). The number of fused-ring (bicyclic) bond motifs is 1. The van der Waals surface area contributed by atoms with Gasteiger partial charge in [-0.1, -0.05) is 23.5 Å². The average molecular weight is 379 g/mol. The molecule has 7 heteroatoms. The van der Waals surface area contributed by atoms with Crippen molar-refractivity contribution >= 4 is 32.6 Å². The molecular formula is C20H21N5OS. The van der Waals surface area contributed by atoms with Crippen molar-refractivity contribution in [2.24, 2.45) is 17.3 Å². The molecule has 4 aliphatic carbocycles. The number of benzene rings is 1. The summed E-state index contributed by atoms with van der Waals surface area (Å²) in [6, 6.07) is 8.03. The molecule has 1 N–H and O–H groups in total. The maximum atomic E-state index is 13.5. The third-order valence-electron chi connectivity index (χ3n) is 6.93. The predicted octanol–water partition coefficient (Wildman–Crippen LogP) is 3.82. The summed E-state index contributed by atoms with van der Waals surface area (Å²) in [5, 5.41) is 8.36. The number of hydrogen-bond acceptors (Lipinski definition) is 5. The summed E-state index contributed by atoms with van der Waals surface area (Å²) < 4.78 is 3.15. The Morgan fingerprint density at radius 1 is 1.19 bits per heavy atom. The van der Waals surface area contributed by atoms with E-state index >= 15 is 0 Å². The molecule has 6 nitrogen and oxygen atoms in total. The van der Waals surface area contributed by atoms with Crippen molar-refractivity contribution in [1.82, 2.24) is 19.7 Å². The Labute approximate surface area is 161 Å². The SMILES string of the molecule is O=C(Nc1nc2ccccc2s1)C12C[C@H]3C[C@@H](C1)CC(n1cncn1)(C3)C2. The van der Waals surface area contributed by atoms with Gasteiger partial charge in [-0.2, -0.15) is 5.10 Å². The smallest absolute Gasteiger partial charge is 0.232 e. The van der Waals surface area contributed by atoms with E-state index in [2.05, 4.69) is 20.4 Å². The van der Waals surface area contributed by atoms with Gasteiger partial charge in [0.15, 0.2) is 5.13 Å². The highest BCUT2D eigenvalue weighted by atomic mass is 32.1. The largest absolute Gasteiger partial charge is 0.301 e. The van der Waals surface area contributed by atoms with Crippen molar-refractivity contribution in [2.45, 2.75) is 44.1 Å². The van der Waals surface area contributed by atoms with Crippen LogP contribution in [0.2, 0.25) is 0 Å². The molecule has 4 aliphatic rings. The highest BCUT2D eigenvalue weighted by Gasteiger charge is 2.61. The van der Waals surface area contributed by atoms with Crippen molar-refractivity contribution < 1.29 is 4.79 Å². The third-order valence-corrected chi connectivity index (χ3v) is 7.88. The Balaban J connectivity index is 1.34. The number of carbonyl (C=O) groups is 1. The van der Waals surface area contributed by atoms with Crippen LogP contribution in [0.4, 0.5) is 5.13 Å². The molecule has 0 aliphatic heterocycles. The van der Waals surface area contributed by atoms with E-state index in [0.29, 0.717) is 17.0 Å². The van der Waals surface area contributed by atoms with E-state index in [-0.39, 0.29) is 16.9 Å². The predicted molar refractivity (Wildman–Crippen MR) is 103 cm³/mol. The van der Waals surface area contributed by atoms with E-state index in [1.54, 1.807) is 17.7 Å². The summed E-state index contributed by atoms with van der Waals surface area (Å²) in [5.41, 5.74) is 0.613. The summed E-state index contributed by atoms with van der Waals surface area (Å²) in [6.45, 7) is 0. The first-order chi connectivity index (χ1) is 13.1. The average Bonchev–Trinajstić information content (AvgIpc) is 3.30. The normalized spacial score (nSPS) is 34.2. The Morgan fingerprint density at radius 2 is 2.00 bits per heavy atom. The summed E-state index contributed by atoms with van der Waals surface area (Å²) in [7, 11) is 0. The Bertz CT molecular complexity index is 979. The van der Waals surface area contributed by atoms with Gasteiger partial charge in [0.2, 0.25) is 5.91 Å². The van der Waals surface area contributed by atoms with Gasteiger partial charge in [-0.15, -0.1) is 0 Å². The number of anilines is 1. The van der Waals surface area contributed by atoms with E-state index in [0.717, 1.165) is 42.3 Å². The lowest BCUT2D eigenvalue weighted by molar-refractivity contribution is -0.150. The van der Waals surface area contributed by atoms with Crippen LogP contribution in [-0.2, 0) is 10.3 Å². The van der Waals surface area contributed by atoms with E-state index in [1.165, 1.54) is 6.42 Å². The zero-order valence-electron chi connectivity index (χ0n) is 15.0. The van der Waals surface area contributed by atoms with Crippen molar-refractivity contribution in [1.29, 1.82) is 0 Å². The minimum Gasteiger partial charge on any atom is -0.301 e. The molecule has 3 aromatic rings. The fourth-order valence-corrected chi connectivity index (χ4v) is 7.22. The van der Waals surface area contributed by atoms with Gasteiger partial charge in [0.05, 0.1) is 21.2 Å². The summed E-state index contributed by atoms with van der Waals surface area (Å²) >= 11 is 1.56. The highest BCUT2D eigenvalue weighted by Crippen LogP contribution is 2.64. The van der Waals surface area contributed by atoms with Gasteiger partial charge < -0.3 is 5.32 Å². The maximum absolute atomic E-state index is 13.5. The number of aromatic nitrogens is 4. The number of carbonyl (C=O) groups excluding carboxylic acids is 1. The molecule has 2 unspecified atom stereocenters. The first-order valence-electron chi connectivity index (χ1n) is 9.66. The highest BCUT2D eigenvalue weighted by molar-refractivity contribution is 7.22. The van der Waals surface area contributed by atoms with Gasteiger partial charge in [0.1, 0.15) is 12.7 Å². The van der Waals surface area contributed by atoms with Gasteiger partial charge in [0.25, 0.3) is 0 Å². The molecule has 27 heavy (non-hydrogen) atoms. The van der Waals surface area contributed by atoms with Crippen molar-refractivity contribution in [2.75, 3.05) is 5.32 Å². The first kappa shape index (κ1) is 15.7. The number of nitrogens with one attached hydrogen (secondary N) is 1. The molecule has 4 fully saturated rings. The Kier molecular flexibility index (Phi) is 3.14. The fourth-order valence-electron chi connectivity index (χ4n) is 6.36. The van der Waals surface area contributed by atoms with E-state index in [1.807, 2.05) is 35.3 Å². The van der Waals surface area contributed by atoms with Crippen molar-refractivity contribution in [3.63, 3.8) is 0 Å². The number of amides is 1. The number of rotatable bonds is 3. The molecular weight excluding hydrogens is 358 g/mol. The molecule has 4 atom stereocenters. The summed E-state index contributed by atoms with van der Waals surface area (Å²) in [4.78, 5) is 22.3. The molecule has 4 bridgehead atoms. The standard InChI is InChI=1S/C20H21N5OS/c26-17(24-18-23-15-3-1-2-4-16(15)27-18)19-6-13-5-14(7-19)9-20(8-13,10-19)25-12-21-11-22-25/h1-4,11-14H,5-10H2,(H,23,24,26)/t13-,14+,19?,20?. The van der Waals surface area contributed by atoms with Crippen LogP contribution >= 0.6 is 11.3 Å². The van der Waals surface area contributed by atoms with E-state index < -0.39 is 0 Å².